The summed E-state index contributed by atoms with van der Waals surface area (Å²) in [5.41, 5.74) is 2.39. The average molecular weight is 359 g/mol. The fraction of sp³-hybridized carbons (Fsp3) is 0.316. The lowest BCUT2D eigenvalue weighted by Crippen LogP contribution is -2.37. The molecule has 2 rings (SSSR count). The van der Waals surface area contributed by atoms with Crippen LogP contribution < -0.4 is 10.6 Å². The minimum Gasteiger partial charge on any atom is -0.356 e. The van der Waals surface area contributed by atoms with Crippen molar-refractivity contribution in [2.45, 2.75) is 24.8 Å². The fourth-order valence-corrected chi connectivity index (χ4v) is 3.66. The molecule has 25 heavy (non-hydrogen) atoms. The first-order chi connectivity index (χ1) is 12.0. The molecule has 0 saturated heterocycles. The first-order valence-corrected chi connectivity index (χ1v) is 9.94. The quantitative estimate of drug-likeness (QED) is 0.453. The molecule has 0 heterocycles. The predicted molar refractivity (Wildman–Crippen MR) is 102 cm³/mol. The molecule has 0 fully saturated rings. The van der Waals surface area contributed by atoms with E-state index in [0.29, 0.717) is 30.4 Å². The zero-order valence-electron chi connectivity index (χ0n) is 14.7. The summed E-state index contributed by atoms with van der Waals surface area (Å²) in [6.45, 7) is 3.27. The number of aryl methyl sites for hydroxylation is 1. The summed E-state index contributed by atoms with van der Waals surface area (Å²) in [6, 6.07) is 16.8. The number of hydrogen-bond donors (Lipinski definition) is 2. The van der Waals surface area contributed by atoms with E-state index in [-0.39, 0.29) is 5.75 Å². The zero-order chi connectivity index (χ0) is 18.1. The van der Waals surface area contributed by atoms with Gasteiger partial charge in [0.1, 0.15) is 0 Å². The highest BCUT2D eigenvalue weighted by molar-refractivity contribution is 7.91. The van der Waals surface area contributed by atoms with Gasteiger partial charge in [0.05, 0.1) is 10.6 Å². The molecule has 2 aromatic rings. The molecule has 0 unspecified atom stereocenters. The number of nitrogens with zero attached hydrogens (tertiary/aromatic N) is 1. The molecule has 0 aromatic heterocycles. The SMILES string of the molecule is CN=C(NCCCS(=O)(=O)c1ccccc1)NCc1ccc(C)cc1. The van der Waals surface area contributed by atoms with E-state index in [1.54, 1.807) is 31.3 Å². The number of sulfone groups is 1. The maximum Gasteiger partial charge on any atom is 0.191 e. The van der Waals surface area contributed by atoms with Gasteiger partial charge in [0.15, 0.2) is 15.8 Å². The Morgan fingerprint density at radius 3 is 2.32 bits per heavy atom. The predicted octanol–water partition coefficient (Wildman–Crippen LogP) is 2.52. The van der Waals surface area contributed by atoms with E-state index in [9.17, 15) is 8.42 Å². The molecular weight excluding hydrogens is 334 g/mol. The van der Waals surface area contributed by atoms with Crippen molar-refractivity contribution < 1.29 is 8.42 Å². The van der Waals surface area contributed by atoms with E-state index in [1.807, 2.05) is 6.07 Å². The van der Waals surface area contributed by atoms with E-state index < -0.39 is 9.84 Å². The van der Waals surface area contributed by atoms with Gasteiger partial charge < -0.3 is 10.6 Å². The summed E-state index contributed by atoms with van der Waals surface area (Å²) < 4.78 is 24.4. The second kappa shape index (κ2) is 9.22. The Labute approximate surface area is 150 Å². The van der Waals surface area contributed by atoms with Crippen LogP contribution in [0.15, 0.2) is 64.5 Å². The second-order valence-electron chi connectivity index (χ2n) is 5.82. The number of aliphatic imine (C=N–C) groups is 1. The van der Waals surface area contributed by atoms with Crippen LogP contribution in [0.3, 0.4) is 0 Å². The van der Waals surface area contributed by atoms with Gasteiger partial charge in [-0.3, -0.25) is 4.99 Å². The summed E-state index contributed by atoms with van der Waals surface area (Å²) in [5, 5.41) is 6.37. The molecule has 0 saturated carbocycles. The first-order valence-electron chi connectivity index (χ1n) is 8.29. The number of rotatable bonds is 7. The number of guanidine groups is 1. The van der Waals surface area contributed by atoms with E-state index in [4.69, 9.17) is 0 Å². The molecule has 2 aromatic carbocycles. The Balaban J connectivity index is 1.75. The van der Waals surface area contributed by atoms with E-state index >= 15 is 0 Å². The van der Waals surface area contributed by atoms with E-state index in [1.165, 1.54) is 11.1 Å². The lowest BCUT2D eigenvalue weighted by molar-refractivity contribution is 0.592. The summed E-state index contributed by atoms with van der Waals surface area (Å²) in [4.78, 5) is 4.53. The van der Waals surface area contributed by atoms with Crippen LogP contribution in [0, 0.1) is 6.92 Å². The van der Waals surface area contributed by atoms with Crippen LogP contribution in [0.5, 0.6) is 0 Å². The van der Waals surface area contributed by atoms with Gasteiger partial charge in [-0.25, -0.2) is 8.42 Å². The normalized spacial score (nSPS) is 12.0. The molecule has 0 bridgehead atoms. The Hall–Kier alpha value is -2.34. The third kappa shape index (κ3) is 6.23. The smallest absolute Gasteiger partial charge is 0.191 e. The minimum atomic E-state index is -3.22. The monoisotopic (exact) mass is 359 g/mol. The Bertz CT molecular complexity index is 785. The highest BCUT2D eigenvalue weighted by Crippen LogP contribution is 2.10. The van der Waals surface area contributed by atoms with Crippen LogP contribution >= 0.6 is 0 Å². The zero-order valence-corrected chi connectivity index (χ0v) is 15.5. The van der Waals surface area contributed by atoms with Gasteiger partial charge in [0.2, 0.25) is 0 Å². The third-order valence-electron chi connectivity index (χ3n) is 3.79. The van der Waals surface area contributed by atoms with E-state index in [0.717, 1.165) is 0 Å². The molecule has 5 nitrogen and oxygen atoms in total. The summed E-state index contributed by atoms with van der Waals surface area (Å²) >= 11 is 0. The van der Waals surface area contributed by atoms with E-state index in [2.05, 4.69) is 46.8 Å². The van der Waals surface area contributed by atoms with Gasteiger partial charge in [0, 0.05) is 20.1 Å². The van der Waals surface area contributed by atoms with Crippen molar-refractivity contribution in [2.24, 2.45) is 4.99 Å². The molecule has 2 N–H and O–H groups in total. The van der Waals surface area contributed by atoms with Gasteiger partial charge in [-0.05, 0) is 31.0 Å². The largest absolute Gasteiger partial charge is 0.356 e. The van der Waals surface area contributed by atoms with Crippen molar-refractivity contribution in [3.63, 3.8) is 0 Å². The van der Waals surface area contributed by atoms with Gasteiger partial charge in [0.25, 0.3) is 0 Å². The molecule has 0 aliphatic carbocycles. The van der Waals surface area contributed by atoms with Gasteiger partial charge >= 0.3 is 0 Å². The number of hydrogen-bond acceptors (Lipinski definition) is 3. The standard InChI is InChI=1S/C19H25N3O2S/c1-16-9-11-17(12-10-16)15-22-19(20-2)21-13-6-14-25(23,24)18-7-4-3-5-8-18/h3-5,7-12H,6,13-15H2,1-2H3,(H2,20,21,22). The van der Waals surface area contributed by atoms with Crippen molar-refractivity contribution in [2.75, 3.05) is 19.3 Å². The van der Waals surface area contributed by atoms with Gasteiger partial charge in [-0.2, -0.15) is 0 Å². The van der Waals surface area contributed by atoms with Crippen molar-refractivity contribution in [3.05, 3.63) is 65.7 Å². The highest BCUT2D eigenvalue weighted by Gasteiger charge is 2.13. The van der Waals surface area contributed by atoms with Crippen molar-refractivity contribution in [3.8, 4) is 0 Å². The number of nitrogens with one attached hydrogen (secondary N) is 2. The lowest BCUT2D eigenvalue weighted by Gasteiger charge is -2.12. The van der Waals surface area contributed by atoms with Crippen molar-refractivity contribution in [1.29, 1.82) is 0 Å². The maximum absolute atomic E-state index is 12.2. The lowest BCUT2D eigenvalue weighted by atomic mass is 10.1. The van der Waals surface area contributed by atoms with Crippen LogP contribution in [0.25, 0.3) is 0 Å². The highest BCUT2D eigenvalue weighted by atomic mass is 32.2. The van der Waals surface area contributed by atoms with Gasteiger partial charge in [-0.1, -0.05) is 48.0 Å². The molecule has 0 amide bonds. The van der Waals surface area contributed by atoms with Gasteiger partial charge in [-0.15, -0.1) is 0 Å². The summed E-state index contributed by atoms with van der Waals surface area (Å²) in [5.74, 6) is 0.775. The molecular formula is C19H25N3O2S. The van der Waals surface area contributed by atoms with Crippen LogP contribution in [-0.2, 0) is 16.4 Å². The Morgan fingerprint density at radius 1 is 1.00 bits per heavy atom. The minimum absolute atomic E-state index is 0.110. The second-order valence-corrected chi connectivity index (χ2v) is 7.93. The fourth-order valence-electron chi connectivity index (χ4n) is 2.33. The van der Waals surface area contributed by atoms with Crippen LogP contribution in [-0.4, -0.2) is 33.7 Å². The maximum atomic E-state index is 12.2. The molecule has 0 spiro atoms. The Morgan fingerprint density at radius 2 is 1.68 bits per heavy atom. The molecule has 0 aliphatic rings. The summed E-state index contributed by atoms with van der Waals surface area (Å²) in [7, 11) is -1.52. The average Bonchev–Trinajstić information content (AvgIpc) is 2.63. The molecule has 0 radical (unpaired) electrons. The molecule has 0 atom stereocenters. The molecule has 134 valence electrons. The first kappa shape index (κ1) is 19.0. The van der Waals surface area contributed by atoms with Crippen LogP contribution in [0.2, 0.25) is 0 Å². The van der Waals surface area contributed by atoms with Crippen LogP contribution in [0.4, 0.5) is 0 Å². The Kier molecular flexibility index (Phi) is 7.01. The molecule has 0 aliphatic heterocycles. The molecule has 6 heteroatoms. The van der Waals surface area contributed by atoms with Crippen LogP contribution in [0.1, 0.15) is 17.5 Å². The van der Waals surface area contributed by atoms with Crippen molar-refractivity contribution >= 4 is 15.8 Å². The third-order valence-corrected chi connectivity index (χ3v) is 5.61. The topological polar surface area (TPSA) is 70.6 Å². The summed E-state index contributed by atoms with van der Waals surface area (Å²) in [6.07, 6.45) is 0.516. The van der Waals surface area contributed by atoms with Crippen molar-refractivity contribution in [1.82, 2.24) is 10.6 Å². The number of benzene rings is 2.